The monoisotopic (exact) mass is 1130 g/mol. The molecule has 5 fully saturated rings. The normalized spacial score (nSPS) is 41.0. The van der Waals surface area contributed by atoms with E-state index in [0.29, 0.717) is 38.6 Å². The highest BCUT2D eigenvalue weighted by atomic mass is 16.8. The van der Waals surface area contributed by atoms with Gasteiger partial charge in [-0.15, -0.1) is 0 Å². The van der Waals surface area contributed by atoms with Crippen LogP contribution in [-0.4, -0.2) is 260 Å². The van der Waals surface area contributed by atoms with Gasteiger partial charge in [0.2, 0.25) is 29.5 Å². The first-order valence-corrected chi connectivity index (χ1v) is 25.9. The number of hydrogen-bond donors (Lipinski definition) is 15. The fraction of sp³-hybridized carbons (Fsp3) is 0.872. The number of carboxylic acid groups (broad SMARTS) is 1. The molecule has 0 aliphatic carbocycles. The Kier molecular flexibility index (Phi) is 24.7. The maximum atomic E-state index is 13.3. The molecule has 0 radical (unpaired) electrons. The standard InChI is InChI=1S/C47H79N5O26/c1-17-29(59)32(62)26(50-20(4)54)44(71-17)78-41-35(65)34(64)40(42(67)68)77-47(41)76-39-28(52-22(6)56)45(72-19(3)37(39)74-46-36(66)33(63)31(61)23(16-53)73-46)75-38-27(51-21(5)55)43(70-18(2)30(38)60)69-15-11-7-10-14-49-25(58)13-9-8-12-24(48)57/h17-19,23,26-41,43-47,53,59-66H,7-16H2,1-6H3,(H2,48,57)(H,49,58)(H,50,54)(H,51,55)(H,52,56)(H,67,68)/t17?,18?,19?,23?,26-,27?,28?,29+,30-,31+,32?,33?,34-,35?,36?,37+,38?,39?,40?,41?,43+,44-,45-,46-,47+/m0/s1. The Morgan fingerprint density at radius 1 is 0.487 bits per heavy atom. The molecule has 5 heterocycles. The van der Waals surface area contributed by atoms with Crippen molar-refractivity contribution in [2.75, 3.05) is 19.8 Å². The second kappa shape index (κ2) is 29.7. The van der Waals surface area contributed by atoms with Crippen LogP contribution >= 0.6 is 0 Å². The molecule has 31 nitrogen and oxygen atoms in total. The van der Waals surface area contributed by atoms with Crippen LogP contribution in [0.15, 0.2) is 0 Å². The maximum absolute atomic E-state index is 13.3. The van der Waals surface area contributed by atoms with Crippen molar-refractivity contribution in [2.24, 2.45) is 5.73 Å². The summed E-state index contributed by atoms with van der Waals surface area (Å²) in [7, 11) is 0. The Bertz CT molecular complexity index is 1980. The number of unbranched alkanes of at least 4 members (excludes halogenated alkanes) is 3. The summed E-state index contributed by atoms with van der Waals surface area (Å²) in [6.45, 7) is 7.01. The van der Waals surface area contributed by atoms with Gasteiger partial charge in [0.1, 0.15) is 97.5 Å². The molecule has 0 saturated carbocycles. The molecule has 0 aromatic carbocycles. The molecule has 5 rings (SSSR count). The molecule has 31 heteroatoms. The van der Waals surface area contributed by atoms with Gasteiger partial charge >= 0.3 is 5.97 Å². The first kappa shape index (κ1) is 64.9. The van der Waals surface area contributed by atoms with Gasteiger partial charge in [-0.25, -0.2) is 4.79 Å². The van der Waals surface area contributed by atoms with Gasteiger partial charge in [0, 0.05) is 46.8 Å². The predicted molar refractivity (Wildman–Crippen MR) is 256 cm³/mol. The SMILES string of the molecule is CC(=O)NC1C(O[C@@H]2OC(C)[C@@H](O[C@@H]3OC(CO)[C@@H](O)C(O)C3O)C(O[C@@H]3OC(C(=O)O)[C@@H](O)C(O)C3O[C@@H]3OC(C)[C@@H](O)C(O)[C@@H]3NC(C)=O)C2NC(C)=O)[C@@H](O)C(C)O[C@H]1OCCCCCNC(=O)CCCCC(N)=O. The van der Waals surface area contributed by atoms with Gasteiger partial charge in [-0.05, 0) is 52.9 Å². The number of primary amides is 1. The maximum Gasteiger partial charge on any atom is 0.335 e. The Labute approximate surface area is 448 Å². The van der Waals surface area contributed by atoms with E-state index in [1.54, 1.807) is 0 Å². The summed E-state index contributed by atoms with van der Waals surface area (Å²) in [4.78, 5) is 74.2. The van der Waals surface area contributed by atoms with Crippen molar-refractivity contribution >= 4 is 35.5 Å². The number of ether oxygens (including phenoxy) is 10. The lowest BCUT2D eigenvalue weighted by Crippen LogP contribution is -2.71. The number of aliphatic carboxylic acids is 1. The summed E-state index contributed by atoms with van der Waals surface area (Å²) in [5, 5.41) is 119. The van der Waals surface area contributed by atoms with Crippen LogP contribution in [0, 0.1) is 0 Å². The summed E-state index contributed by atoms with van der Waals surface area (Å²) < 4.78 is 61.0. The van der Waals surface area contributed by atoms with Crippen molar-refractivity contribution < 1.29 is 127 Å². The summed E-state index contributed by atoms with van der Waals surface area (Å²) in [5.74, 6) is -4.63. The van der Waals surface area contributed by atoms with Gasteiger partial charge < -0.3 is 125 Å². The smallest absolute Gasteiger partial charge is 0.335 e. The number of nitrogens with two attached hydrogens (primary N) is 1. The van der Waals surface area contributed by atoms with E-state index in [4.69, 9.17) is 53.1 Å². The van der Waals surface area contributed by atoms with Crippen LogP contribution in [0.1, 0.15) is 86.5 Å². The second-order valence-corrected chi connectivity index (χ2v) is 20.1. The van der Waals surface area contributed by atoms with Gasteiger partial charge in [0.15, 0.2) is 37.6 Å². The highest BCUT2D eigenvalue weighted by Gasteiger charge is 2.58. The highest BCUT2D eigenvalue weighted by Crippen LogP contribution is 2.37. The molecule has 0 spiro atoms. The Morgan fingerprint density at radius 2 is 1.03 bits per heavy atom. The number of carbonyl (C=O) groups is 6. The lowest BCUT2D eigenvalue weighted by atomic mass is 9.93. The Hall–Kier alpha value is -3.94. The third-order valence-electron chi connectivity index (χ3n) is 13.9. The molecule has 16 N–H and O–H groups in total. The topological polar surface area (TPSA) is 471 Å². The molecule has 14 unspecified atom stereocenters. The van der Waals surface area contributed by atoms with E-state index < -0.39 is 190 Å². The Morgan fingerprint density at radius 3 is 1.64 bits per heavy atom. The largest absolute Gasteiger partial charge is 0.479 e. The van der Waals surface area contributed by atoms with Crippen molar-refractivity contribution in [3.05, 3.63) is 0 Å². The summed E-state index contributed by atoms with van der Waals surface area (Å²) in [5.41, 5.74) is 5.15. The summed E-state index contributed by atoms with van der Waals surface area (Å²) in [6.07, 6.45) is -36.1. The second-order valence-electron chi connectivity index (χ2n) is 20.1. The molecule has 0 aromatic rings. The average molecular weight is 1130 g/mol. The number of rotatable bonds is 25. The number of aliphatic hydroxyl groups is 9. The zero-order valence-electron chi connectivity index (χ0n) is 44.1. The number of carbonyl (C=O) groups excluding carboxylic acids is 5. The van der Waals surface area contributed by atoms with Crippen molar-refractivity contribution in [1.82, 2.24) is 21.3 Å². The van der Waals surface area contributed by atoms with E-state index in [1.165, 1.54) is 27.7 Å². The fourth-order valence-electron chi connectivity index (χ4n) is 9.69. The molecule has 78 heavy (non-hydrogen) atoms. The first-order valence-electron chi connectivity index (χ1n) is 25.9. The van der Waals surface area contributed by atoms with Crippen LogP contribution in [0.4, 0.5) is 0 Å². The molecule has 5 aliphatic heterocycles. The van der Waals surface area contributed by atoms with E-state index in [0.717, 1.165) is 13.8 Å². The van der Waals surface area contributed by atoms with E-state index >= 15 is 0 Å². The van der Waals surface area contributed by atoms with Crippen LogP contribution < -0.4 is 27.0 Å². The lowest BCUT2D eigenvalue weighted by molar-refractivity contribution is -0.388. The third kappa shape index (κ3) is 16.8. The minimum absolute atomic E-state index is 0.0497. The van der Waals surface area contributed by atoms with E-state index in [1.807, 2.05) is 0 Å². The van der Waals surface area contributed by atoms with Crippen LogP contribution in [-0.2, 0) is 76.1 Å². The van der Waals surface area contributed by atoms with Crippen LogP contribution in [0.5, 0.6) is 0 Å². The van der Waals surface area contributed by atoms with Crippen molar-refractivity contribution in [2.45, 2.75) is 240 Å². The van der Waals surface area contributed by atoms with Gasteiger partial charge in [-0.2, -0.15) is 0 Å². The lowest BCUT2D eigenvalue weighted by Gasteiger charge is -2.52. The average Bonchev–Trinajstić information content (AvgIpc) is 3.36. The molecule has 5 aliphatic rings. The van der Waals surface area contributed by atoms with Crippen molar-refractivity contribution in [1.29, 1.82) is 0 Å². The minimum Gasteiger partial charge on any atom is -0.479 e. The molecular formula is C47H79N5O26. The summed E-state index contributed by atoms with van der Waals surface area (Å²) in [6, 6.07) is -4.64. The highest BCUT2D eigenvalue weighted by molar-refractivity contribution is 5.76. The van der Waals surface area contributed by atoms with Crippen LogP contribution in [0.25, 0.3) is 0 Å². The van der Waals surface area contributed by atoms with Gasteiger partial charge in [-0.3, -0.25) is 24.0 Å². The van der Waals surface area contributed by atoms with Crippen molar-refractivity contribution in [3.8, 4) is 0 Å². The van der Waals surface area contributed by atoms with Crippen LogP contribution in [0.2, 0.25) is 0 Å². The van der Waals surface area contributed by atoms with Gasteiger partial charge in [0.05, 0.1) is 24.9 Å². The number of aliphatic hydroxyl groups excluding tert-OH is 9. The zero-order chi connectivity index (χ0) is 57.9. The van der Waals surface area contributed by atoms with Gasteiger partial charge in [0.25, 0.3) is 0 Å². The quantitative estimate of drug-likeness (QED) is 0.0378. The predicted octanol–water partition coefficient (Wildman–Crippen LogP) is -6.96. The fourth-order valence-corrected chi connectivity index (χ4v) is 9.69. The molecule has 5 amide bonds. The molecule has 25 atom stereocenters. The van der Waals surface area contributed by atoms with E-state index in [-0.39, 0.29) is 25.4 Å². The molecule has 448 valence electrons. The molecular weight excluding hydrogens is 1050 g/mol. The molecule has 0 aromatic heterocycles. The van der Waals surface area contributed by atoms with E-state index in [9.17, 15) is 79.8 Å². The minimum atomic E-state index is -2.28. The number of carboxylic acids is 1. The third-order valence-corrected chi connectivity index (χ3v) is 13.9. The number of nitrogens with one attached hydrogen (secondary N) is 4. The van der Waals surface area contributed by atoms with Crippen LogP contribution in [0.3, 0.4) is 0 Å². The summed E-state index contributed by atoms with van der Waals surface area (Å²) >= 11 is 0. The Balaban J connectivity index is 1.48. The zero-order valence-corrected chi connectivity index (χ0v) is 44.1. The number of hydrogen-bond acceptors (Lipinski definition) is 25. The van der Waals surface area contributed by atoms with E-state index in [2.05, 4.69) is 21.3 Å². The first-order chi connectivity index (χ1) is 36.7. The van der Waals surface area contributed by atoms with Gasteiger partial charge in [-0.1, -0.05) is 0 Å². The molecule has 5 saturated heterocycles. The number of amides is 5. The van der Waals surface area contributed by atoms with Crippen molar-refractivity contribution in [3.63, 3.8) is 0 Å². The molecule has 0 bridgehead atoms.